The van der Waals surface area contributed by atoms with Crippen molar-refractivity contribution in [1.29, 1.82) is 0 Å². The summed E-state index contributed by atoms with van der Waals surface area (Å²) in [6, 6.07) is 14.9. The molecule has 0 aliphatic carbocycles. The molecule has 0 aliphatic heterocycles. The Morgan fingerprint density at radius 3 is 2.68 bits per heavy atom. The molecule has 4 aromatic rings. The molecular formula is C22H21N5O3S. The molecule has 9 heteroatoms. The minimum Gasteiger partial charge on any atom is -0.497 e. The molecule has 8 nitrogen and oxygen atoms in total. The zero-order valence-electron chi connectivity index (χ0n) is 17.1. The summed E-state index contributed by atoms with van der Waals surface area (Å²) in [5.74, 6) is 0.642. The first-order valence-corrected chi connectivity index (χ1v) is 10.7. The first kappa shape index (κ1) is 20.7. The molecule has 2 aromatic carbocycles. The lowest BCUT2D eigenvalue weighted by molar-refractivity contribution is -0.113. The van der Waals surface area contributed by atoms with E-state index in [-0.39, 0.29) is 22.9 Å². The highest BCUT2D eigenvalue weighted by atomic mass is 32.2. The van der Waals surface area contributed by atoms with E-state index < -0.39 is 0 Å². The number of hydrogen-bond donors (Lipinski definition) is 1. The molecule has 31 heavy (non-hydrogen) atoms. The number of benzene rings is 2. The first-order valence-electron chi connectivity index (χ1n) is 9.71. The van der Waals surface area contributed by atoms with Gasteiger partial charge in [-0.25, -0.2) is 0 Å². The Morgan fingerprint density at radius 1 is 1.13 bits per heavy atom. The van der Waals surface area contributed by atoms with Crippen molar-refractivity contribution in [2.45, 2.75) is 18.5 Å². The molecule has 2 aromatic heterocycles. The van der Waals surface area contributed by atoms with Crippen LogP contribution in [0.25, 0.3) is 11.3 Å². The van der Waals surface area contributed by atoms with Crippen LogP contribution in [0.1, 0.15) is 12.5 Å². The summed E-state index contributed by atoms with van der Waals surface area (Å²) in [7, 11) is 1.57. The molecule has 0 saturated heterocycles. The third kappa shape index (κ3) is 4.46. The van der Waals surface area contributed by atoms with Crippen molar-refractivity contribution in [3.05, 3.63) is 76.8 Å². The van der Waals surface area contributed by atoms with E-state index in [9.17, 15) is 9.59 Å². The third-order valence-electron chi connectivity index (χ3n) is 4.75. The summed E-state index contributed by atoms with van der Waals surface area (Å²) in [5, 5.41) is 11.4. The van der Waals surface area contributed by atoms with Gasteiger partial charge in [0.1, 0.15) is 5.75 Å². The zero-order chi connectivity index (χ0) is 21.8. The summed E-state index contributed by atoms with van der Waals surface area (Å²) < 4.78 is 8.30. The number of aromatic nitrogens is 4. The largest absolute Gasteiger partial charge is 0.497 e. The Balaban J connectivity index is 1.49. The number of amides is 1. The van der Waals surface area contributed by atoms with Gasteiger partial charge in [-0.2, -0.15) is 0 Å². The molecule has 1 amide bonds. The van der Waals surface area contributed by atoms with Gasteiger partial charge in [0.05, 0.1) is 18.6 Å². The van der Waals surface area contributed by atoms with Gasteiger partial charge in [0, 0.05) is 24.1 Å². The minimum atomic E-state index is -0.310. The fraction of sp³-hybridized carbons (Fsp3) is 0.182. The van der Waals surface area contributed by atoms with Crippen molar-refractivity contribution in [2.75, 3.05) is 18.2 Å². The van der Waals surface area contributed by atoms with Crippen molar-refractivity contribution in [2.24, 2.45) is 0 Å². The predicted molar refractivity (Wildman–Crippen MR) is 120 cm³/mol. The van der Waals surface area contributed by atoms with Crippen LogP contribution >= 0.6 is 11.8 Å². The molecule has 158 valence electrons. The van der Waals surface area contributed by atoms with Crippen molar-refractivity contribution in [3.63, 3.8) is 0 Å². The lowest BCUT2D eigenvalue weighted by Crippen LogP contribution is -2.20. The molecule has 0 saturated carbocycles. The van der Waals surface area contributed by atoms with Gasteiger partial charge in [0.15, 0.2) is 5.16 Å². The second kappa shape index (κ2) is 9.05. The standard InChI is InChI=1S/C22H21N5O3S/c1-3-15-7-9-16(10-8-15)23-19(28)14-31-22-25-24-20-21(29)26(11-12-27(20)22)17-5-4-6-18(13-17)30-2/h4-13H,3,14H2,1-2H3,(H,23,28). The van der Waals surface area contributed by atoms with E-state index in [0.717, 1.165) is 12.1 Å². The summed E-state index contributed by atoms with van der Waals surface area (Å²) in [6.07, 6.45) is 4.30. The molecule has 0 bridgehead atoms. The monoisotopic (exact) mass is 435 g/mol. The van der Waals surface area contributed by atoms with Crippen LogP contribution < -0.4 is 15.6 Å². The highest BCUT2D eigenvalue weighted by Crippen LogP contribution is 2.18. The molecular weight excluding hydrogens is 414 g/mol. The maximum absolute atomic E-state index is 12.9. The van der Waals surface area contributed by atoms with E-state index in [1.54, 1.807) is 30.0 Å². The number of fused-ring (bicyclic) bond motifs is 1. The topological polar surface area (TPSA) is 90.5 Å². The number of nitrogens with one attached hydrogen (secondary N) is 1. The molecule has 0 unspecified atom stereocenters. The fourth-order valence-electron chi connectivity index (χ4n) is 3.08. The number of anilines is 1. The first-order chi connectivity index (χ1) is 15.1. The number of thioether (sulfide) groups is 1. The Hall–Kier alpha value is -3.59. The number of methoxy groups -OCH3 is 1. The van der Waals surface area contributed by atoms with Crippen LogP contribution in [0.5, 0.6) is 5.75 Å². The van der Waals surface area contributed by atoms with Gasteiger partial charge < -0.3 is 10.1 Å². The van der Waals surface area contributed by atoms with Gasteiger partial charge in [0.2, 0.25) is 11.6 Å². The average molecular weight is 436 g/mol. The predicted octanol–water partition coefficient (Wildman–Crippen LogP) is 3.18. The third-order valence-corrected chi connectivity index (χ3v) is 5.69. The van der Waals surface area contributed by atoms with Crippen LogP contribution in [-0.2, 0) is 11.2 Å². The Morgan fingerprint density at radius 2 is 1.94 bits per heavy atom. The molecule has 0 atom stereocenters. The van der Waals surface area contributed by atoms with Crippen LogP contribution in [-0.4, -0.2) is 37.9 Å². The number of carbonyl (C=O) groups excluding carboxylic acids is 1. The summed E-state index contributed by atoms with van der Waals surface area (Å²) in [6.45, 7) is 2.08. The smallest absolute Gasteiger partial charge is 0.300 e. The van der Waals surface area contributed by atoms with Crippen LogP contribution in [0.3, 0.4) is 0 Å². The SMILES string of the molecule is CCc1ccc(NC(=O)CSc2nnc3c(=O)n(-c4cccc(OC)c4)ccn23)cc1. The average Bonchev–Trinajstić information content (AvgIpc) is 3.22. The summed E-state index contributed by atoms with van der Waals surface area (Å²) >= 11 is 1.22. The number of aryl methyl sites for hydroxylation is 1. The Labute approximate surface area is 182 Å². The van der Waals surface area contributed by atoms with E-state index in [1.165, 1.54) is 21.9 Å². The van der Waals surface area contributed by atoms with E-state index >= 15 is 0 Å². The Kier molecular flexibility index (Phi) is 6.03. The van der Waals surface area contributed by atoms with Crippen molar-refractivity contribution in [1.82, 2.24) is 19.2 Å². The van der Waals surface area contributed by atoms with Crippen LogP contribution in [0.2, 0.25) is 0 Å². The van der Waals surface area contributed by atoms with E-state index in [0.29, 0.717) is 16.6 Å². The van der Waals surface area contributed by atoms with Crippen LogP contribution in [0, 0.1) is 0 Å². The van der Waals surface area contributed by atoms with Gasteiger partial charge >= 0.3 is 5.56 Å². The number of carbonyl (C=O) groups is 1. The van der Waals surface area contributed by atoms with E-state index in [2.05, 4.69) is 22.4 Å². The second-order valence-corrected chi connectivity index (χ2v) is 7.68. The molecule has 0 radical (unpaired) electrons. The van der Waals surface area contributed by atoms with Gasteiger partial charge in [-0.05, 0) is 36.2 Å². The maximum atomic E-state index is 12.9. The summed E-state index contributed by atoms with van der Waals surface area (Å²) in [5.41, 5.74) is 2.49. The molecule has 2 heterocycles. The molecule has 1 N–H and O–H groups in total. The lowest BCUT2D eigenvalue weighted by Gasteiger charge is -2.08. The van der Waals surface area contributed by atoms with Crippen molar-refractivity contribution >= 4 is 29.0 Å². The molecule has 0 aliphatic rings. The van der Waals surface area contributed by atoms with Crippen LogP contribution in [0.4, 0.5) is 5.69 Å². The lowest BCUT2D eigenvalue weighted by atomic mass is 10.1. The molecule has 0 fully saturated rings. The van der Waals surface area contributed by atoms with Gasteiger partial charge in [-0.15, -0.1) is 10.2 Å². The number of nitrogens with zero attached hydrogens (tertiary/aromatic N) is 4. The highest BCUT2D eigenvalue weighted by Gasteiger charge is 2.14. The normalized spacial score (nSPS) is 10.9. The number of ether oxygens (including phenoxy) is 1. The van der Waals surface area contributed by atoms with Crippen molar-refractivity contribution in [3.8, 4) is 11.4 Å². The highest BCUT2D eigenvalue weighted by molar-refractivity contribution is 7.99. The van der Waals surface area contributed by atoms with Gasteiger partial charge in [0.25, 0.3) is 0 Å². The number of hydrogen-bond acceptors (Lipinski definition) is 6. The van der Waals surface area contributed by atoms with Crippen LogP contribution in [0.15, 0.2) is 70.9 Å². The van der Waals surface area contributed by atoms with E-state index in [4.69, 9.17) is 4.74 Å². The fourth-order valence-corrected chi connectivity index (χ4v) is 3.80. The Bertz CT molecular complexity index is 1280. The minimum absolute atomic E-state index is 0.148. The van der Waals surface area contributed by atoms with Gasteiger partial charge in [-0.3, -0.25) is 18.6 Å². The van der Waals surface area contributed by atoms with Gasteiger partial charge in [-0.1, -0.05) is 36.9 Å². The maximum Gasteiger partial charge on any atom is 0.300 e. The van der Waals surface area contributed by atoms with E-state index in [1.807, 2.05) is 42.5 Å². The van der Waals surface area contributed by atoms with Crippen molar-refractivity contribution < 1.29 is 9.53 Å². The summed E-state index contributed by atoms with van der Waals surface area (Å²) in [4.78, 5) is 25.2. The quantitative estimate of drug-likeness (QED) is 0.449. The zero-order valence-corrected chi connectivity index (χ0v) is 17.9. The molecule has 0 spiro atoms. The second-order valence-electron chi connectivity index (χ2n) is 6.74. The molecule has 4 rings (SSSR count). The number of rotatable bonds is 7.